The van der Waals surface area contributed by atoms with E-state index in [1.807, 2.05) is 12.1 Å². The number of nitro groups is 1. The summed E-state index contributed by atoms with van der Waals surface area (Å²) >= 11 is 0. The zero-order valence-electron chi connectivity index (χ0n) is 12.9. The summed E-state index contributed by atoms with van der Waals surface area (Å²) in [6.45, 7) is 0.525. The number of nitrogens with two attached hydrogens (primary N) is 1. The van der Waals surface area contributed by atoms with Crippen LogP contribution in [0, 0.1) is 10.1 Å². The molecule has 0 amide bonds. The van der Waals surface area contributed by atoms with E-state index in [2.05, 4.69) is 5.32 Å². The normalized spacial score (nSPS) is 16.3. The molecule has 0 saturated carbocycles. The molecule has 132 valence electrons. The summed E-state index contributed by atoms with van der Waals surface area (Å²) in [6, 6.07) is 10.6. The third-order valence-electron chi connectivity index (χ3n) is 3.58. The Hall–Kier alpha value is -2.85. The number of benzene rings is 2. The first-order chi connectivity index (χ1) is 11.8. The number of ether oxygens (including phenoxy) is 2. The summed E-state index contributed by atoms with van der Waals surface area (Å²) < 4.78 is 34.0. The average Bonchev–Trinajstić information content (AvgIpc) is 2.58. The molecule has 1 atom stereocenters. The van der Waals surface area contributed by atoms with E-state index in [0.717, 1.165) is 6.07 Å². The molecule has 0 fully saturated rings. The number of nitrogens with one attached hydrogen (secondary N) is 1. The molecule has 10 heteroatoms. The molecule has 3 rings (SSSR count). The van der Waals surface area contributed by atoms with Crippen LogP contribution >= 0.6 is 0 Å². The predicted molar refractivity (Wildman–Crippen MR) is 89.3 cm³/mol. The second-order valence-corrected chi connectivity index (χ2v) is 6.92. The Morgan fingerprint density at radius 2 is 1.96 bits per heavy atom. The number of hydrogen-bond donors (Lipinski definition) is 2. The number of nitro benzene ring substituents is 1. The molecule has 2 aromatic rings. The predicted octanol–water partition coefficient (Wildman–Crippen LogP) is 1.49. The van der Waals surface area contributed by atoms with Crippen molar-refractivity contribution in [3.05, 3.63) is 52.6 Å². The van der Waals surface area contributed by atoms with Gasteiger partial charge in [0.05, 0.1) is 16.4 Å². The van der Waals surface area contributed by atoms with Gasteiger partial charge in [-0.05, 0) is 24.3 Å². The SMILES string of the molecule is NS(=O)(=O)c1ccc(NC[C@@H]2COc3ccccc3O2)c([N+](=O)[O-])c1. The van der Waals surface area contributed by atoms with Crippen molar-refractivity contribution in [2.75, 3.05) is 18.5 Å². The third kappa shape index (κ3) is 3.80. The molecule has 0 aliphatic carbocycles. The van der Waals surface area contributed by atoms with Gasteiger partial charge in [-0.3, -0.25) is 10.1 Å². The van der Waals surface area contributed by atoms with Crippen molar-refractivity contribution in [1.82, 2.24) is 0 Å². The maximum absolute atomic E-state index is 11.3. The van der Waals surface area contributed by atoms with Crippen molar-refractivity contribution in [2.24, 2.45) is 5.14 Å². The lowest BCUT2D eigenvalue weighted by Crippen LogP contribution is -2.35. The molecule has 1 aliphatic rings. The van der Waals surface area contributed by atoms with Crippen LogP contribution in [-0.2, 0) is 10.0 Å². The van der Waals surface area contributed by atoms with Crippen LogP contribution in [-0.4, -0.2) is 32.6 Å². The Kier molecular flexibility index (Phi) is 4.47. The van der Waals surface area contributed by atoms with Crippen molar-refractivity contribution in [3.63, 3.8) is 0 Å². The average molecular weight is 365 g/mol. The molecule has 25 heavy (non-hydrogen) atoms. The fourth-order valence-electron chi connectivity index (χ4n) is 2.38. The van der Waals surface area contributed by atoms with Gasteiger partial charge in [-0.15, -0.1) is 0 Å². The molecule has 2 aromatic carbocycles. The summed E-state index contributed by atoms with van der Waals surface area (Å²) in [7, 11) is -4.02. The first-order valence-electron chi connectivity index (χ1n) is 7.28. The summed E-state index contributed by atoms with van der Waals surface area (Å²) in [5.74, 6) is 1.24. The number of anilines is 1. The van der Waals surface area contributed by atoms with Gasteiger partial charge in [-0.2, -0.15) is 0 Å². The van der Waals surface area contributed by atoms with Gasteiger partial charge in [0.25, 0.3) is 5.69 Å². The highest BCUT2D eigenvalue weighted by Gasteiger charge is 2.23. The molecule has 0 radical (unpaired) electrons. The first kappa shape index (κ1) is 17.0. The van der Waals surface area contributed by atoms with Gasteiger partial charge in [-0.1, -0.05) is 12.1 Å². The van der Waals surface area contributed by atoms with Crippen molar-refractivity contribution in [3.8, 4) is 11.5 Å². The van der Waals surface area contributed by atoms with Crippen LogP contribution in [0.25, 0.3) is 0 Å². The van der Waals surface area contributed by atoms with Crippen molar-refractivity contribution >= 4 is 21.4 Å². The topological polar surface area (TPSA) is 134 Å². The van der Waals surface area contributed by atoms with E-state index >= 15 is 0 Å². The number of primary sulfonamides is 1. The molecular weight excluding hydrogens is 350 g/mol. The van der Waals surface area contributed by atoms with E-state index in [0.29, 0.717) is 11.5 Å². The van der Waals surface area contributed by atoms with Crippen molar-refractivity contribution in [1.29, 1.82) is 0 Å². The zero-order valence-corrected chi connectivity index (χ0v) is 13.7. The van der Waals surface area contributed by atoms with E-state index in [4.69, 9.17) is 14.6 Å². The van der Waals surface area contributed by atoms with Crippen LogP contribution < -0.4 is 19.9 Å². The number of nitrogens with zero attached hydrogens (tertiary/aromatic N) is 1. The van der Waals surface area contributed by atoms with Gasteiger partial charge in [-0.25, -0.2) is 13.6 Å². The van der Waals surface area contributed by atoms with E-state index in [1.54, 1.807) is 12.1 Å². The minimum Gasteiger partial charge on any atom is -0.486 e. The first-order valence-corrected chi connectivity index (χ1v) is 8.83. The zero-order chi connectivity index (χ0) is 18.0. The second-order valence-electron chi connectivity index (χ2n) is 5.36. The Labute approximate surface area is 143 Å². The van der Waals surface area contributed by atoms with Crippen molar-refractivity contribution in [2.45, 2.75) is 11.0 Å². The Morgan fingerprint density at radius 3 is 2.64 bits per heavy atom. The molecule has 3 N–H and O–H groups in total. The lowest BCUT2D eigenvalue weighted by Gasteiger charge is -2.26. The molecular formula is C15H15N3O6S. The highest BCUT2D eigenvalue weighted by molar-refractivity contribution is 7.89. The molecule has 9 nitrogen and oxygen atoms in total. The van der Waals surface area contributed by atoms with Gasteiger partial charge < -0.3 is 14.8 Å². The number of fused-ring (bicyclic) bond motifs is 1. The Morgan fingerprint density at radius 1 is 1.24 bits per heavy atom. The summed E-state index contributed by atoms with van der Waals surface area (Å²) in [5, 5.41) is 19.1. The fraction of sp³-hybridized carbons (Fsp3) is 0.200. The smallest absolute Gasteiger partial charge is 0.293 e. The maximum Gasteiger partial charge on any atom is 0.293 e. The molecule has 0 bridgehead atoms. The van der Waals surface area contributed by atoms with Crippen LogP contribution in [0.2, 0.25) is 0 Å². The quantitative estimate of drug-likeness (QED) is 0.605. The van der Waals surface area contributed by atoms with Crippen LogP contribution in [0.15, 0.2) is 47.4 Å². The van der Waals surface area contributed by atoms with E-state index < -0.39 is 14.9 Å². The lowest BCUT2D eigenvalue weighted by molar-refractivity contribution is -0.384. The van der Waals surface area contributed by atoms with E-state index in [-0.39, 0.29) is 35.5 Å². The van der Waals surface area contributed by atoms with Crippen molar-refractivity contribution < 1.29 is 22.8 Å². The lowest BCUT2D eigenvalue weighted by atomic mass is 10.2. The molecule has 0 unspecified atom stereocenters. The molecule has 1 heterocycles. The maximum atomic E-state index is 11.3. The number of hydrogen-bond acceptors (Lipinski definition) is 7. The largest absolute Gasteiger partial charge is 0.486 e. The summed E-state index contributed by atoms with van der Waals surface area (Å²) in [5.41, 5.74) is -0.219. The number of rotatable bonds is 5. The van der Waals surface area contributed by atoms with Gasteiger partial charge in [0.2, 0.25) is 10.0 Å². The molecule has 0 saturated heterocycles. The van der Waals surface area contributed by atoms with Crippen LogP contribution in [0.5, 0.6) is 11.5 Å². The molecule has 0 spiro atoms. The van der Waals surface area contributed by atoms with E-state index in [9.17, 15) is 18.5 Å². The van der Waals surface area contributed by atoms with Crippen LogP contribution in [0.4, 0.5) is 11.4 Å². The third-order valence-corrected chi connectivity index (χ3v) is 4.49. The van der Waals surface area contributed by atoms with E-state index in [1.165, 1.54) is 12.1 Å². The summed E-state index contributed by atoms with van der Waals surface area (Å²) in [6.07, 6.45) is -0.354. The highest BCUT2D eigenvalue weighted by atomic mass is 32.2. The fourth-order valence-corrected chi connectivity index (χ4v) is 2.91. The van der Waals surface area contributed by atoms with Gasteiger partial charge in [0, 0.05) is 6.07 Å². The Bertz CT molecular complexity index is 915. The highest BCUT2D eigenvalue weighted by Crippen LogP contribution is 2.31. The minimum absolute atomic E-state index is 0.167. The number of sulfonamides is 1. The van der Waals surface area contributed by atoms with Gasteiger partial charge in [0.1, 0.15) is 18.4 Å². The van der Waals surface area contributed by atoms with Gasteiger partial charge in [0.15, 0.2) is 11.5 Å². The minimum atomic E-state index is -4.02. The summed E-state index contributed by atoms with van der Waals surface area (Å²) in [4.78, 5) is 10.2. The second kappa shape index (κ2) is 6.57. The van der Waals surface area contributed by atoms with Crippen LogP contribution in [0.3, 0.4) is 0 Å². The van der Waals surface area contributed by atoms with Gasteiger partial charge >= 0.3 is 0 Å². The standard InChI is InChI=1S/C15H15N3O6S/c16-25(21,22)11-5-6-12(13(7-11)18(19)20)17-8-10-9-23-14-3-1-2-4-15(14)24-10/h1-7,10,17H,8-9H2,(H2,16,21,22)/t10-/m1/s1. The Balaban J connectivity index is 1.74. The number of para-hydroxylation sites is 2. The monoisotopic (exact) mass is 365 g/mol. The molecule has 1 aliphatic heterocycles. The molecule has 0 aromatic heterocycles. The van der Waals surface area contributed by atoms with Crippen LogP contribution in [0.1, 0.15) is 0 Å².